The molecule has 0 N–H and O–H groups in total. The number of unbranched alkanes of at least 4 members (excludes halogenated alkanes) is 3. The Labute approximate surface area is 404 Å². The van der Waals surface area contributed by atoms with Crippen molar-refractivity contribution in [3.63, 3.8) is 0 Å². The Balaban J connectivity index is 1.07. The highest BCUT2D eigenvalue weighted by Crippen LogP contribution is 2.34. The lowest BCUT2D eigenvalue weighted by atomic mass is 9.82. The fourth-order valence-electron chi connectivity index (χ4n) is 7.35. The minimum atomic E-state index is -4.89. The number of carbonyl (C=O) groups is 3. The number of hydrogen-bond donors (Lipinski definition) is 0. The Morgan fingerprint density at radius 1 is 0.797 bits per heavy atom. The number of fused-ring (bicyclic) bond motifs is 1. The van der Waals surface area contributed by atoms with Gasteiger partial charge in [0.25, 0.3) is 0 Å². The second-order valence-corrected chi connectivity index (χ2v) is 17.3. The molecule has 0 spiro atoms. The van der Waals surface area contributed by atoms with Gasteiger partial charge in [0, 0.05) is 24.6 Å². The van der Waals surface area contributed by atoms with E-state index in [2.05, 4.69) is 19.7 Å². The van der Waals surface area contributed by atoms with E-state index >= 15 is 0 Å². The SMILES string of the molecule is C=COCc1ccc(-c2ccc(OCC3CCC(C(=O)Oc4ccc(OCCCCCCOC(=O)C=C)cc4)CC3)c(/C=N/N(CCCOC(=O)C(=C)C(F)(F)F)c3nc4ccccc4s3)c2)cc1. The van der Waals surface area contributed by atoms with Gasteiger partial charge in [-0.25, -0.2) is 19.6 Å². The number of ether oxygens (including phenoxy) is 6. The van der Waals surface area contributed by atoms with E-state index in [0.717, 1.165) is 71.5 Å². The van der Waals surface area contributed by atoms with Crippen molar-refractivity contribution in [2.45, 2.75) is 70.6 Å². The first kappa shape index (κ1) is 51.5. The van der Waals surface area contributed by atoms with Gasteiger partial charge in [-0.15, -0.1) is 0 Å². The smallest absolute Gasteiger partial charge is 0.422 e. The highest BCUT2D eigenvalue weighted by molar-refractivity contribution is 7.22. The Bertz CT molecular complexity index is 2500. The molecule has 69 heavy (non-hydrogen) atoms. The van der Waals surface area contributed by atoms with Gasteiger partial charge in [-0.3, -0.25) is 4.79 Å². The molecule has 1 aromatic heterocycles. The standard InChI is InChI=1S/C53H56F3N3O9S/c1-4-49(60)65-31-11-7-6-10-30-64-44-24-26-45(27-25-44)68-51(62)41-21-17-39(18-22-41)36-67-47-28-23-42(40-19-15-38(16-20-40)35-63-5-2)33-43(47)34-57-59(52-58-46-13-8-9-14-48(46)69-52)29-12-32-66-50(61)37(3)53(54,55)56/h4-5,8-9,13-16,19-20,23-28,33-34,39,41H,1-3,6-7,10-12,17-18,21-22,29-32,35-36H2/b57-34+. The van der Waals surface area contributed by atoms with Crippen LogP contribution in [0.1, 0.15) is 68.9 Å². The Morgan fingerprint density at radius 3 is 2.20 bits per heavy atom. The van der Waals surface area contributed by atoms with Gasteiger partial charge in [0.1, 0.15) is 29.4 Å². The van der Waals surface area contributed by atoms with Crippen molar-refractivity contribution < 1.29 is 56.0 Å². The number of hydrogen-bond acceptors (Lipinski definition) is 13. The van der Waals surface area contributed by atoms with Gasteiger partial charge in [0.05, 0.1) is 55.0 Å². The number of carbonyl (C=O) groups excluding carboxylic acids is 3. The predicted octanol–water partition coefficient (Wildman–Crippen LogP) is 12.0. The van der Waals surface area contributed by atoms with Gasteiger partial charge in [0.2, 0.25) is 5.13 Å². The summed E-state index contributed by atoms with van der Waals surface area (Å²) in [4.78, 5) is 41.1. The van der Waals surface area contributed by atoms with Crippen LogP contribution in [0.15, 0.2) is 134 Å². The molecule has 364 valence electrons. The van der Waals surface area contributed by atoms with E-state index in [9.17, 15) is 27.6 Å². The normalized spacial score (nSPS) is 14.7. The molecule has 0 saturated heterocycles. The van der Waals surface area contributed by atoms with E-state index in [4.69, 9.17) is 38.5 Å². The summed E-state index contributed by atoms with van der Waals surface area (Å²) in [5.41, 5.74) is 2.68. The molecule has 5 aromatic rings. The second-order valence-electron chi connectivity index (χ2n) is 16.3. The van der Waals surface area contributed by atoms with E-state index in [-0.39, 0.29) is 37.4 Å². The maximum atomic E-state index is 13.2. The number of benzene rings is 4. The monoisotopic (exact) mass is 967 g/mol. The zero-order valence-electron chi connectivity index (χ0n) is 38.3. The van der Waals surface area contributed by atoms with Crippen LogP contribution in [-0.4, -0.2) is 68.3 Å². The van der Waals surface area contributed by atoms with Crippen LogP contribution in [0.5, 0.6) is 17.2 Å². The predicted molar refractivity (Wildman–Crippen MR) is 260 cm³/mol. The van der Waals surface area contributed by atoms with Gasteiger partial charge in [-0.1, -0.05) is 73.5 Å². The van der Waals surface area contributed by atoms with Crippen molar-refractivity contribution in [2.75, 3.05) is 38.0 Å². The highest BCUT2D eigenvalue weighted by atomic mass is 32.1. The Hall–Kier alpha value is -6.94. The first-order chi connectivity index (χ1) is 33.4. The number of para-hydroxylation sites is 1. The molecular formula is C53H56F3N3O9S. The zero-order valence-corrected chi connectivity index (χ0v) is 39.1. The molecule has 0 unspecified atom stereocenters. The van der Waals surface area contributed by atoms with Crippen molar-refractivity contribution in [3.05, 3.63) is 140 Å². The molecule has 0 aliphatic heterocycles. The summed E-state index contributed by atoms with van der Waals surface area (Å²) >= 11 is 1.40. The topological polar surface area (TPSA) is 135 Å². The maximum Gasteiger partial charge on any atom is 0.422 e. The first-order valence-electron chi connectivity index (χ1n) is 22.8. The minimum absolute atomic E-state index is 0.148. The number of halogens is 3. The fraction of sp³-hybridized carbons (Fsp3) is 0.340. The fourth-order valence-corrected chi connectivity index (χ4v) is 8.30. The molecule has 0 atom stereocenters. The lowest BCUT2D eigenvalue weighted by Gasteiger charge is -2.27. The average Bonchev–Trinajstić information content (AvgIpc) is 3.80. The lowest BCUT2D eigenvalue weighted by Crippen LogP contribution is -2.27. The molecule has 1 saturated carbocycles. The minimum Gasteiger partial charge on any atom is -0.497 e. The van der Waals surface area contributed by atoms with Crippen LogP contribution in [-0.2, 0) is 35.2 Å². The van der Waals surface area contributed by atoms with E-state index in [1.54, 1.807) is 35.5 Å². The summed E-state index contributed by atoms with van der Waals surface area (Å²) < 4.78 is 73.3. The Kier molecular flexibility index (Phi) is 19.4. The Morgan fingerprint density at radius 2 is 1.49 bits per heavy atom. The van der Waals surface area contributed by atoms with Crippen LogP contribution in [0.4, 0.5) is 18.3 Å². The highest BCUT2D eigenvalue weighted by Gasteiger charge is 2.38. The molecule has 1 aliphatic carbocycles. The third-order valence-electron chi connectivity index (χ3n) is 11.3. The summed E-state index contributed by atoms with van der Waals surface area (Å²) in [5, 5.41) is 7.00. The van der Waals surface area contributed by atoms with Gasteiger partial charge in [0.15, 0.2) is 0 Å². The third-order valence-corrected chi connectivity index (χ3v) is 12.3. The number of thiazole rings is 1. The van der Waals surface area contributed by atoms with Gasteiger partial charge in [-0.05, 0) is 123 Å². The van der Waals surface area contributed by atoms with E-state index in [1.165, 1.54) is 17.6 Å². The maximum absolute atomic E-state index is 13.2. The summed E-state index contributed by atoms with van der Waals surface area (Å²) in [7, 11) is 0. The second kappa shape index (κ2) is 26.0. The van der Waals surface area contributed by atoms with E-state index < -0.39 is 23.7 Å². The number of nitrogens with zero attached hydrogens (tertiary/aromatic N) is 3. The van der Waals surface area contributed by atoms with Crippen molar-refractivity contribution >= 4 is 50.8 Å². The van der Waals surface area contributed by atoms with Crippen LogP contribution in [0, 0.1) is 11.8 Å². The first-order valence-corrected chi connectivity index (χ1v) is 23.6. The molecule has 4 aromatic carbocycles. The van der Waals surface area contributed by atoms with Crippen molar-refractivity contribution in [1.29, 1.82) is 0 Å². The van der Waals surface area contributed by atoms with Crippen molar-refractivity contribution in [3.8, 4) is 28.4 Å². The van der Waals surface area contributed by atoms with Crippen LogP contribution in [0.3, 0.4) is 0 Å². The number of alkyl halides is 3. The molecule has 0 amide bonds. The van der Waals surface area contributed by atoms with Crippen molar-refractivity contribution in [2.24, 2.45) is 16.9 Å². The number of rotatable bonds is 26. The largest absolute Gasteiger partial charge is 0.497 e. The van der Waals surface area contributed by atoms with E-state index in [0.29, 0.717) is 67.2 Å². The van der Waals surface area contributed by atoms with Gasteiger partial charge in [-0.2, -0.15) is 18.3 Å². The molecule has 12 nitrogen and oxygen atoms in total. The van der Waals surface area contributed by atoms with Gasteiger partial charge >= 0.3 is 24.1 Å². The summed E-state index contributed by atoms with van der Waals surface area (Å²) in [6.07, 6.45) is 5.83. The molecule has 1 heterocycles. The van der Waals surface area contributed by atoms with Crippen LogP contribution in [0.25, 0.3) is 21.3 Å². The zero-order chi connectivity index (χ0) is 49.0. The number of hydrazone groups is 1. The summed E-state index contributed by atoms with van der Waals surface area (Å²) in [5.74, 6) is -0.528. The summed E-state index contributed by atoms with van der Waals surface area (Å²) in [6.45, 7) is 11.4. The number of aromatic nitrogens is 1. The molecule has 1 aliphatic rings. The number of esters is 3. The van der Waals surface area contributed by atoms with Crippen LogP contribution >= 0.6 is 11.3 Å². The molecule has 0 radical (unpaired) electrons. The van der Waals surface area contributed by atoms with Crippen LogP contribution in [0.2, 0.25) is 0 Å². The molecular weight excluding hydrogens is 912 g/mol. The van der Waals surface area contributed by atoms with Crippen LogP contribution < -0.4 is 19.2 Å². The van der Waals surface area contributed by atoms with E-state index in [1.807, 2.05) is 66.7 Å². The molecule has 16 heteroatoms. The van der Waals surface area contributed by atoms with Gasteiger partial charge < -0.3 is 28.4 Å². The summed E-state index contributed by atoms with van der Waals surface area (Å²) in [6, 6.07) is 28.4. The molecule has 0 bridgehead atoms. The molecule has 1 fully saturated rings. The molecule has 6 rings (SSSR count). The lowest BCUT2D eigenvalue weighted by molar-refractivity contribution is -0.150. The van der Waals surface area contributed by atoms with Crippen molar-refractivity contribution in [1.82, 2.24) is 4.98 Å². The number of anilines is 1. The average molecular weight is 968 g/mol. The third kappa shape index (κ3) is 16.1. The quantitative estimate of drug-likeness (QED) is 0.00996.